The zero-order valence-corrected chi connectivity index (χ0v) is 21.5. The molecule has 1 aromatic rings. The summed E-state index contributed by atoms with van der Waals surface area (Å²) < 4.78 is 17.6. The predicted molar refractivity (Wildman–Crippen MR) is 137 cm³/mol. The van der Waals surface area contributed by atoms with Crippen molar-refractivity contribution in [2.45, 2.75) is 64.5 Å². The zero-order chi connectivity index (χ0) is 21.0. The topological polar surface area (TPSA) is 64.1 Å². The molecule has 1 aliphatic heterocycles. The highest BCUT2D eigenvalue weighted by molar-refractivity contribution is 14.0. The Labute approximate surface area is 204 Å². The molecule has 1 saturated heterocycles. The summed E-state index contributed by atoms with van der Waals surface area (Å²) in [5, 5.41) is 6.79. The Balaban J connectivity index is 0.00000341. The Kier molecular flexibility index (Phi) is 12.6. The second-order valence-corrected chi connectivity index (χ2v) is 8.49. The fraction of sp³-hybridized carbons (Fsp3) is 0.708. The number of halogens is 1. The van der Waals surface area contributed by atoms with Crippen LogP contribution in [-0.4, -0.2) is 52.1 Å². The lowest BCUT2D eigenvalue weighted by atomic mass is 9.98. The van der Waals surface area contributed by atoms with Crippen molar-refractivity contribution in [2.24, 2.45) is 10.9 Å². The molecule has 2 N–H and O–H groups in total. The first-order valence-corrected chi connectivity index (χ1v) is 11.6. The number of guanidine groups is 1. The van der Waals surface area contributed by atoms with Crippen LogP contribution < -0.4 is 15.4 Å². The van der Waals surface area contributed by atoms with Gasteiger partial charge in [-0.05, 0) is 44.2 Å². The molecule has 1 aromatic carbocycles. The van der Waals surface area contributed by atoms with Crippen molar-refractivity contribution in [2.75, 3.05) is 40.0 Å². The fourth-order valence-corrected chi connectivity index (χ4v) is 4.02. The van der Waals surface area contributed by atoms with Crippen LogP contribution in [0.3, 0.4) is 0 Å². The van der Waals surface area contributed by atoms with E-state index in [0.29, 0.717) is 25.2 Å². The van der Waals surface area contributed by atoms with E-state index in [2.05, 4.69) is 40.7 Å². The predicted octanol–water partition coefficient (Wildman–Crippen LogP) is 4.43. The first-order chi connectivity index (χ1) is 14.7. The van der Waals surface area contributed by atoms with Gasteiger partial charge in [0.2, 0.25) is 0 Å². The number of hydrogen-bond acceptors (Lipinski definition) is 4. The quantitative estimate of drug-likeness (QED) is 0.197. The lowest BCUT2D eigenvalue weighted by molar-refractivity contribution is 0.0277. The van der Waals surface area contributed by atoms with Gasteiger partial charge in [-0.2, -0.15) is 0 Å². The summed E-state index contributed by atoms with van der Waals surface area (Å²) in [7, 11) is 1.81. The Hall–Kier alpha value is -1.06. The number of aliphatic imine (C=N–C) groups is 1. The van der Waals surface area contributed by atoms with Crippen molar-refractivity contribution in [3.8, 4) is 5.75 Å². The molecule has 0 radical (unpaired) electrons. The van der Waals surface area contributed by atoms with E-state index in [4.69, 9.17) is 14.2 Å². The summed E-state index contributed by atoms with van der Waals surface area (Å²) >= 11 is 0. The van der Waals surface area contributed by atoms with Crippen LogP contribution in [0.5, 0.6) is 5.75 Å². The molecular formula is C24H40IN3O3. The van der Waals surface area contributed by atoms with Gasteiger partial charge in [0.05, 0.1) is 19.3 Å². The van der Waals surface area contributed by atoms with Crippen molar-refractivity contribution < 1.29 is 14.2 Å². The summed E-state index contributed by atoms with van der Waals surface area (Å²) in [5.74, 6) is 2.26. The lowest BCUT2D eigenvalue weighted by Crippen LogP contribution is -2.37. The van der Waals surface area contributed by atoms with E-state index in [-0.39, 0.29) is 24.0 Å². The van der Waals surface area contributed by atoms with Crippen molar-refractivity contribution in [3.05, 3.63) is 29.3 Å². The van der Waals surface area contributed by atoms with Gasteiger partial charge in [0.25, 0.3) is 0 Å². The van der Waals surface area contributed by atoms with Gasteiger partial charge in [0, 0.05) is 44.8 Å². The molecule has 31 heavy (non-hydrogen) atoms. The highest BCUT2D eigenvalue weighted by atomic mass is 127. The molecule has 0 bridgehead atoms. The van der Waals surface area contributed by atoms with Crippen molar-refractivity contribution in [3.63, 3.8) is 0 Å². The van der Waals surface area contributed by atoms with E-state index in [0.717, 1.165) is 56.5 Å². The van der Waals surface area contributed by atoms with Gasteiger partial charge in [-0.15, -0.1) is 24.0 Å². The Morgan fingerprint density at radius 1 is 1.16 bits per heavy atom. The maximum absolute atomic E-state index is 6.14. The van der Waals surface area contributed by atoms with Crippen molar-refractivity contribution in [1.29, 1.82) is 0 Å². The number of nitrogens with one attached hydrogen (secondary N) is 2. The molecule has 1 unspecified atom stereocenters. The number of nitrogens with zero attached hydrogens (tertiary/aromatic N) is 1. The van der Waals surface area contributed by atoms with Gasteiger partial charge in [-0.1, -0.05) is 31.4 Å². The monoisotopic (exact) mass is 545 g/mol. The Morgan fingerprint density at radius 3 is 2.74 bits per heavy atom. The summed E-state index contributed by atoms with van der Waals surface area (Å²) in [6, 6.07) is 6.38. The molecule has 1 saturated carbocycles. The van der Waals surface area contributed by atoms with Crippen molar-refractivity contribution >= 4 is 29.9 Å². The summed E-state index contributed by atoms with van der Waals surface area (Å²) in [4.78, 5) is 4.34. The third-order valence-corrected chi connectivity index (χ3v) is 5.91. The third kappa shape index (κ3) is 9.53. The average Bonchev–Trinajstić information content (AvgIpc) is 3.29. The third-order valence-electron chi connectivity index (χ3n) is 5.91. The van der Waals surface area contributed by atoms with E-state index >= 15 is 0 Å². The molecule has 7 heteroatoms. The number of benzene rings is 1. The van der Waals surface area contributed by atoms with Crippen LogP contribution in [0.15, 0.2) is 23.2 Å². The van der Waals surface area contributed by atoms with Crippen LogP contribution in [-0.2, 0) is 16.0 Å². The van der Waals surface area contributed by atoms with Gasteiger partial charge in [0.1, 0.15) is 5.75 Å². The molecule has 176 valence electrons. The molecule has 0 spiro atoms. The van der Waals surface area contributed by atoms with E-state index < -0.39 is 0 Å². The first kappa shape index (κ1) is 26.2. The van der Waals surface area contributed by atoms with E-state index in [1.165, 1.54) is 37.7 Å². The van der Waals surface area contributed by atoms with Gasteiger partial charge in [-0.25, -0.2) is 0 Å². The minimum atomic E-state index is 0. The normalized spacial score (nSPS) is 19.7. The smallest absolute Gasteiger partial charge is 0.191 e. The Bertz CT molecular complexity index is 659. The number of ether oxygens (including phenoxy) is 3. The van der Waals surface area contributed by atoms with Gasteiger partial charge >= 0.3 is 0 Å². The molecule has 2 fully saturated rings. The zero-order valence-electron chi connectivity index (χ0n) is 19.2. The van der Waals surface area contributed by atoms with E-state index in [1.54, 1.807) is 7.05 Å². The number of hydrogen-bond donors (Lipinski definition) is 2. The van der Waals surface area contributed by atoms with E-state index in [9.17, 15) is 0 Å². The first-order valence-electron chi connectivity index (χ1n) is 11.6. The van der Waals surface area contributed by atoms with E-state index in [1.807, 2.05) is 0 Å². The standard InChI is InChI=1S/C24H39N3O3.HI/c1-19-9-10-21(23(15-19)30-18-20-11-14-28-17-20)16-27-24(25-2)26-12-6-13-29-22-7-4-3-5-8-22;/h9-10,15,20,22H,3-8,11-14,16-18H2,1-2H3,(H2,25,26,27);1H. The van der Waals surface area contributed by atoms with Gasteiger partial charge in [0.15, 0.2) is 5.96 Å². The van der Waals surface area contributed by atoms with Crippen LogP contribution >= 0.6 is 24.0 Å². The van der Waals surface area contributed by atoms with Crippen molar-refractivity contribution in [1.82, 2.24) is 10.6 Å². The summed E-state index contributed by atoms with van der Waals surface area (Å²) in [6.07, 6.45) is 9.01. The lowest BCUT2D eigenvalue weighted by Gasteiger charge is -2.22. The largest absolute Gasteiger partial charge is 0.493 e. The molecule has 6 nitrogen and oxygen atoms in total. The van der Waals surface area contributed by atoms with Gasteiger partial charge in [-0.3, -0.25) is 4.99 Å². The molecule has 3 rings (SSSR count). The second kappa shape index (κ2) is 14.9. The second-order valence-electron chi connectivity index (χ2n) is 8.49. The molecule has 0 amide bonds. The van der Waals surface area contributed by atoms with Crippen LogP contribution in [0.4, 0.5) is 0 Å². The van der Waals surface area contributed by atoms with Crippen LogP contribution in [0.2, 0.25) is 0 Å². The number of rotatable bonds is 10. The Morgan fingerprint density at radius 2 is 2.00 bits per heavy atom. The average molecular weight is 546 g/mol. The summed E-state index contributed by atoms with van der Waals surface area (Å²) in [5.41, 5.74) is 2.35. The maximum atomic E-state index is 6.14. The molecule has 2 aliphatic rings. The molecular weight excluding hydrogens is 505 g/mol. The van der Waals surface area contributed by atoms with Crippen LogP contribution in [0, 0.1) is 12.8 Å². The minimum Gasteiger partial charge on any atom is -0.493 e. The number of aryl methyl sites for hydroxylation is 1. The molecule has 0 aromatic heterocycles. The molecule has 1 aliphatic carbocycles. The highest BCUT2D eigenvalue weighted by Crippen LogP contribution is 2.23. The SMILES string of the molecule is CN=C(NCCCOC1CCCCC1)NCc1ccc(C)cc1OCC1CCOC1.I. The molecule has 1 heterocycles. The van der Waals surface area contributed by atoms with Crippen LogP contribution in [0.25, 0.3) is 0 Å². The fourth-order valence-electron chi connectivity index (χ4n) is 4.02. The highest BCUT2D eigenvalue weighted by Gasteiger charge is 2.17. The molecule has 1 atom stereocenters. The summed E-state index contributed by atoms with van der Waals surface area (Å²) in [6.45, 7) is 6.81. The van der Waals surface area contributed by atoms with Crippen LogP contribution in [0.1, 0.15) is 56.1 Å². The van der Waals surface area contributed by atoms with Gasteiger partial charge < -0.3 is 24.8 Å². The maximum Gasteiger partial charge on any atom is 0.191 e. The minimum absolute atomic E-state index is 0.